The lowest BCUT2D eigenvalue weighted by molar-refractivity contribution is -0.274. The van der Waals surface area contributed by atoms with Crippen LogP contribution < -0.4 is 9.64 Å². The van der Waals surface area contributed by atoms with E-state index in [9.17, 15) is 26.4 Å². The highest BCUT2D eigenvalue weighted by Crippen LogP contribution is 2.41. The van der Waals surface area contributed by atoms with Gasteiger partial charge in [0.1, 0.15) is 5.75 Å². The maximum Gasteiger partial charge on any atom is 0.573 e. The first-order chi connectivity index (χ1) is 12.5. The summed E-state index contributed by atoms with van der Waals surface area (Å²) in [5.74, 6) is -1.18. The molecule has 1 amide bonds. The second-order valence-electron chi connectivity index (χ2n) is 6.60. The van der Waals surface area contributed by atoms with E-state index in [-0.39, 0.29) is 34.3 Å². The van der Waals surface area contributed by atoms with Gasteiger partial charge in [0.25, 0.3) is 5.91 Å². The van der Waals surface area contributed by atoms with Crippen LogP contribution in [-0.2, 0) is 14.6 Å². The third-order valence-corrected chi connectivity index (χ3v) is 7.32. The quantitative estimate of drug-likeness (QED) is 0.746. The van der Waals surface area contributed by atoms with Gasteiger partial charge in [-0.2, -0.15) is 4.99 Å². The lowest BCUT2D eigenvalue weighted by Gasteiger charge is -2.24. The van der Waals surface area contributed by atoms with Gasteiger partial charge in [-0.15, -0.1) is 13.2 Å². The number of amides is 1. The van der Waals surface area contributed by atoms with Crippen LogP contribution in [0.25, 0.3) is 0 Å². The average Bonchev–Trinajstić information content (AvgIpc) is 2.97. The Morgan fingerprint density at radius 1 is 1.26 bits per heavy atom. The highest BCUT2D eigenvalue weighted by molar-refractivity contribution is 8.16. The maximum absolute atomic E-state index is 12.3. The number of carbonyl (C=O) groups is 1. The molecule has 6 nitrogen and oxygen atoms in total. The Morgan fingerprint density at radius 3 is 2.44 bits per heavy atom. The topological polar surface area (TPSA) is 76.0 Å². The molecule has 2 fully saturated rings. The molecular formula is C16H17F3N2O4S2. The molecule has 2 saturated heterocycles. The SMILES string of the molecule is CC(C)C(=O)N=C1S[C@@H]2CS(=O)(=O)C[C@@H]2N1c1ccc(OC(F)(F)F)cc1. The minimum absolute atomic E-state index is 0.0248. The summed E-state index contributed by atoms with van der Waals surface area (Å²) >= 11 is 1.21. The number of hydrogen-bond acceptors (Lipinski definition) is 5. The van der Waals surface area contributed by atoms with E-state index in [4.69, 9.17) is 0 Å². The molecule has 148 valence electrons. The summed E-state index contributed by atoms with van der Waals surface area (Å²) in [6.45, 7) is 3.40. The van der Waals surface area contributed by atoms with E-state index in [1.165, 1.54) is 23.9 Å². The summed E-state index contributed by atoms with van der Waals surface area (Å²) in [6.07, 6.45) is -4.80. The number of halogens is 3. The van der Waals surface area contributed by atoms with Gasteiger partial charge < -0.3 is 9.64 Å². The number of hydrogen-bond donors (Lipinski definition) is 0. The molecule has 0 radical (unpaired) electrons. The third kappa shape index (κ3) is 4.57. The van der Waals surface area contributed by atoms with Crippen molar-refractivity contribution < 1.29 is 31.1 Å². The van der Waals surface area contributed by atoms with Gasteiger partial charge in [-0.05, 0) is 24.3 Å². The number of fused-ring (bicyclic) bond motifs is 1. The zero-order valence-corrected chi connectivity index (χ0v) is 16.1. The van der Waals surface area contributed by atoms with Crippen molar-refractivity contribution in [3.8, 4) is 5.75 Å². The number of anilines is 1. The lowest BCUT2D eigenvalue weighted by Crippen LogP contribution is -2.37. The number of alkyl halides is 3. The van der Waals surface area contributed by atoms with Gasteiger partial charge in [0, 0.05) is 16.9 Å². The van der Waals surface area contributed by atoms with E-state index in [0.29, 0.717) is 10.9 Å². The molecule has 2 aliphatic heterocycles. The molecule has 2 atom stereocenters. The van der Waals surface area contributed by atoms with Crippen LogP contribution in [0.5, 0.6) is 5.75 Å². The molecule has 27 heavy (non-hydrogen) atoms. The van der Waals surface area contributed by atoms with Crippen LogP contribution in [-0.4, -0.2) is 48.7 Å². The van der Waals surface area contributed by atoms with Crippen molar-refractivity contribution in [1.82, 2.24) is 0 Å². The standard InChI is InChI=1S/C16H17F3N2O4S2/c1-9(2)14(22)20-15-21(12-7-27(23,24)8-13(12)26-15)10-3-5-11(6-4-10)25-16(17,18)19/h3-6,9,12-13H,7-8H2,1-2H3/t12-,13+/m0/s1. The Balaban J connectivity index is 1.93. The Morgan fingerprint density at radius 2 is 1.89 bits per heavy atom. The number of amidine groups is 1. The molecule has 1 aromatic rings. The highest BCUT2D eigenvalue weighted by atomic mass is 32.2. The smallest absolute Gasteiger partial charge is 0.406 e. The second-order valence-corrected chi connectivity index (χ2v) is 9.96. The number of carbonyl (C=O) groups excluding carboxylic acids is 1. The zero-order valence-electron chi connectivity index (χ0n) is 14.4. The largest absolute Gasteiger partial charge is 0.573 e. The van der Waals surface area contributed by atoms with Crippen molar-refractivity contribution in [2.45, 2.75) is 31.5 Å². The van der Waals surface area contributed by atoms with Crippen LogP contribution in [0.1, 0.15) is 13.8 Å². The Labute approximate surface area is 158 Å². The molecule has 2 aliphatic rings. The summed E-state index contributed by atoms with van der Waals surface area (Å²) in [6, 6.07) is 4.65. The normalized spacial score (nSPS) is 25.9. The van der Waals surface area contributed by atoms with E-state index in [0.717, 1.165) is 12.1 Å². The van der Waals surface area contributed by atoms with Gasteiger partial charge in [0.15, 0.2) is 15.0 Å². The van der Waals surface area contributed by atoms with Crippen molar-refractivity contribution in [2.24, 2.45) is 10.9 Å². The van der Waals surface area contributed by atoms with Crippen molar-refractivity contribution in [3.63, 3.8) is 0 Å². The molecule has 0 N–H and O–H groups in total. The molecule has 1 aromatic carbocycles. The predicted octanol–water partition coefficient (Wildman–Crippen LogP) is 2.84. The van der Waals surface area contributed by atoms with E-state index in [1.807, 2.05) is 0 Å². The number of benzene rings is 1. The first-order valence-corrected chi connectivity index (χ1v) is 10.8. The average molecular weight is 422 g/mol. The molecule has 0 bridgehead atoms. The summed E-state index contributed by atoms with van der Waals surface area (Å²) in [5.41, 5.74) is 0.455. The highest BCUT2D eigenvalue weighted by Gasteiger charge is 2.49. The van der Waals surface area contributed by atoms with Gasteiger partial charge >= 0.3 is 6.36 Å². The van der Waals surface area contributed by atoms with Crippen molar-refractivity contribution in [1.29, 1.82) is 0 Å². The minimum atomic E-state index is -4.80. The van der Waals surface area contributed by atoms with Crippen LogP contribution in [0, 0.1) is 5.92 Å². The zero-order chi connectivity index (χ0) is 20.0. The molecule has 0 saturated carbocycles. The van der Waals surface area contributed by atoms with Crippen molar-refractivity contribution >= 4 is 38.4 Å². The number of nitrogens with zero attached hydrogens (tertiary/aromatic N) is 2. The Kier molecular flexibility index (Phi) is 5.19. The van der Waals surface area contributed by atoms with E-state index in [2.05, 4.69) is 9.73 Å². The maximum atomic E-state index is 12.3. The fourth-order valence-corrected chi connectivity index (χ4v) is 6.82. The van der Waals surface area contributed by atoms with Crippen LogP contribution in [0.3, 0.4) is 0 Å². The minimum Gasteiger partial charge on any atom is -0.406 e. The molecule has 3 rings (SSSR count). The predicted molar refractivity (Wildman–Crippen MR) is 96.7 cm³/mol. The molecule has 0 unspecified atom stereocenters. The van der Waals surface area contributed by atoms with Crippen molar-refractivity contribution in [2.75, 3.05) is 16.4 Å². The summed E-state index contributed by atoms with van der Waals surface area (Å²) in [7, 11) is -3.22. The fraction of sp³-hybridized carbons (Fsp3) is 0.500. The van der Waals surface area contributed by atoms with Crippen molar-refractivity contribution in [3.05, 3.63) is 24.3 Å². The first kappa shape index (κ1) is 20.0. The molecular weight excluding hydrogens is 405 g/mol. The van der Waals surface area contributed by atoms with E-state index >= 15 is 0 Å². The molecule has 0 aromatic heterocycles. The number of thioether (sulfide) groups is 1. The summed E-state index contributed by atoms with van der Waals surface area (Å²) in [5, 5.41) is 0.0860. The van der Waals surface area contributed by atoms with Crippen LogP contribution in [0.2, 0.25) is 0 Å². The van der Waals surface area contributed by atoms with Gasteiger partial charge in [-0.1, -0.05) is 25.6 Å². The molecule has 0 aliphatic carbocycles. The summed E-state index contributed by atoms with van der Waals surface area (Å²) in [4.78, 5) is 17.8. The molecule has 2 heterocycles. The van der Waals surface area contributed by atoms with Gasteiger partial charge in [0.2, 0.25) is 0 Å². The van der Waals surface area contributed by atoms with Gasteiger partial charge in [0.05, 0.1) is 17.5 Å². The number of aliphatic imine (C=N–C) groups is 1. The molecule has 11 heteroatoms. The number of ether oxygens (including phenoxy) is 1. The number of sulfone groups is 1. The lowest BCUT2D eigenvalue weighted by atomic mass is 10.2. The van der Waals surface area contributed by atoms with E-state index in [1.54, 1.807) is 18.7 Å². The van der Waals surface area contributed by atoms with Crippen LogP contribution in [0.4, 0.5) is 18.9 Å². The van der Waals surface area contributed by atoms with Crippen LogP contribution >= 0.6 is 11.8 Å². The van der Waals surface area contributed by atoms with Gasteiger partial charge in [-0.25, -0.2) is 8.42 Å². The second kappa shape index (κ2) is 7.01. The third-order valence-electron chi connectivity index (χ3n) is 4.11. The summed E-state index contributed by atoms with van der Waals surface area (Å²) < 4.78 is 64.8. The first-order valence-electron chi connectivity index (χ1n) is 8.10. The fourth-order valence-electron chi connectivity index (χ4n) is 2.90. The Hall–Kier alpha value is -1.75. The Bertz CT molecular complexity index is 867. The van der Waals surface area contributed by atoms with Gasteiger partial charge in [-0.3, -0.25) is 4.79 Å². The monoisotopic (exact) mass is 422 g/mol. The molecule has 0 spiro atoms. The van der Waals surface area contributed by atoms with Crippen LogP contribution in [0.15, 0.2) is 29.3 Å². The number of rotatable bonds is 3. The van der Waals surface area contributed by atoms with E-state index < -0.39 is 22.2 Å².